The number of benzene rings is 2. The van der Waals surface area contributed by atoms with Gasteiger partial charge in [-0.2, -0.15) is 5.26 Å². The van der Waals surface area contributed by atoms with Crippen LogP contribution in [0.5, 0.6) is 17.2 Å². The molecular weight excluding hydrogens is 366 g/mol. The number of nitriles is 1. The van der Waals surface area contributed by atoms with E-state index in [2.05, 4.69) is 0 Å². The van der Waals surface area contributed by atoms with Crippen molar-refractivity contribution in [1.29, 1.82) is 5.26 Å². The normalized spacial score (nSPS) is 12.0. The van der Waals surface area contributed by atoms with Crippen LogP contribution in [0.3, 0.4) is 0 Å². The summed E-state index contributed by atoms with van der Waals surface area (Å²) in [7, 11) is 0. The highest BCUT2D eigenvalue weighted by Gasteiger charge is 2.20. The number of hydrogen-bond acceptors (Lipinski definition) is 7. The number of hydrogen-bond donors (Lipinski definition) is 0. The van der Waals surface area contributed by atoms with Crippen molar-refractivity contribution in [3.05, 3.63) is 52.6 Å². The molecule has 28 heavy (non-hydrogen) atoms. The highest BCUT2D eigenvalue weighted by atomic mass is 16.6. The Morgan fingerprint density at radius 1 is 1.18 bits per heavy atom. The molecule has 0 spiro atoms. The van der Waals surface area contributed by atoms with E-state index in [1.54, 1.807) is 18.2 Å². The predicted octanol–water partition coefficient (Wildman–Crippen LogP) is 2.69. The molecule has 0 fully saturated rings. The molecule has 3 rings (SSSR count). The van der Waals surface area contributed by atoms with Crippen molar-refractivity contribution in [2.45, 2.75) is 6.42 Å². The molecule has 2 aromatic rings. The van der Waals surface area contributed by atoms with Crippen LogP contribution in [-0.4, -0.2) is 37.2 Å². The molecule has 0 unspecified atom stereocenters. The van der Waals surface area contributed by atoms with E-state index in [0.29, 0.717) is 36.1 Å². The van der Waals surface area contributed by atoms with Gasteiger partial charge in [-0.15, -0.1) is 0 Å². The van der Waals surface area contributed by atoms with Gasteiger partial charge in [0.05, 0.1) is 17.4 Å². The van der Waals surface area contributed by atoms with Crippen molar-refractivity contribution < 1.29 is 23.9 Å². The Morgan fingerprint density at radius 2 is 1.89 bits per heavy atom. The van der Waals surface area contributed by atoms with Crippen LogP contribution in [0.1, 0.15) is 6.42 Å². The number of nitro benzene ring substituents is 1. The van der Waals surface area contributed by atoms with E-state index in [4.69, 9.17) is 19.5 Å². The number of rotatable bonds is 7. The maximum atomic E-state index is 12.7. The number of nitrogens with zero attached hydrogens (tertiary/aromatic N) is 3. The van der Waals surface area contributed by atoms with Gasteiger partial charge in [0.25, 0.3) is 11.6 Å². The molecule has 0 bridgehead atoms. The number of carbonyl (C=O) groups excluding carboxylic acids is 1. The van der Waals surface area contributed by atoms with Crippen LogP contribution in [0.2, 0.25) is 0 Å². The molecule has 9 heteroatoms. The summed E-state index contributed by atoms with van der Waals surface area (Å²) in [5.74, 6) is 1.12. The molecule has 9 nitrogen and oxygen atoms in total. The minimum Gasteiger partial charge on any atom is -0.486 e. The van der Waals surface area contributed by atoms with Crippen LogP contribution < -0.4 is 19.1 Å². The fourth-order valence-electron chi connectivity index (χ4n) is 2.65. The van der Waals surface area contributed by atoms with Crippen molar-refractivity contribution in [2.75, 3.05) is 31.3 Å². The largest absolute Gasteiger partial charge is 0.486 e. The second-order valence-corrected chi connectivity index (χ2v) is 5.82. The second kappa shape index (κ2) is 8.73. The second-order valence-electron chi connectivity index (χ2n) is 5.82. The van der Waals surface area contributed by atoms with Gasteiger partial charge in [-0.3, -0.25) is 14.9 Å². The van der Waals surface area contributed by atoms with Crippen LogP contribution in [0, 0.1) is 21.4 Å². The quantitative estimate of drug-likeness (QED) is 0.533. The average molecular weight is 383 g/mol. The summed E-state index contributed by atoms with van der Waals surface area (Å²) in [5.41, 5.74) is 0.502. The first kappa shape index (κ1) is 19.0. The van der Waals surface area contributed by atoms with Gasteiger partial charge in [-0.1, -0.05) is 0 Å². The first-order valence-corrected chi connectivity index (χ1v) is 8.52. The molecule has 1 aliphatic rings. The number of non-ortho nitro benzene ring substituents is 1. The lowest BCUT2D eigenvalue weighted by Gasteiger charge is -2.25. The zero-order chi connectivity index (χ0) is 19.9. The van der Waals surface area contributed by atoms with E-state index in [9.17, 15) is 14.9 Å². The molecule has 0 aliphatic carbocycles. The Hall–Kier alpha value is -3.80. The fourth-order valence-corrected chi connectivity index (χ4v) is 2.65. The van der Waals surface area contributed by atoms with Crippen LogP contribution in [0.25, 0.3) is 0 Å². The maximum absolute atomic E-state index is 12.7. The van der Waals surface area contributed by atoms with Crippen molar-refractivity contribution in [3.8, 4) is 23.3 Å². The summed E-state index contributed by atoms with van der Waals surface area (Å²) >= 11 is 0. The zero-order valence-corrected chi connectivity index (χ0v) is 14.9. The average Bonchev–Trinajstić information content (AvgIpc) is 2.72. The lowest BCUT2D eigenvalue weighted by Crippen LogP contribution is -2.35. The molecule has 0 saturated carbocycles. The van der Waals surface area contributed by atoms with Crippen LogP contribution in [-0.2, 0) is 4.79 Å². The molecule has 1 amide bonds. The Morgan fingerprint density at radius 3 is 2.57 bits per heavy atom. The lowest BCUT2D eigenvalue weighted by atomic mass is 10.2. The zero-order valence-electron chi connectivity index (χ0n) is 14.9. The Balaban J connectivity index is 1.71. The van der Waals surface area contributed by atoms with Crippen LogP contribution >= 0.6 is 0 Å². The summed E-state index contributed by atoms with van der Waals surface area (Å²) in [5, 5.41) is 19.6. The molecular formula is C19H17N3O6. The summed E-state index contributed by atoms with van der Waals surface area (Å²) in [6.07, 6.45) is 0.151. The monoisotopic (exact) mass is 383 g/mol. The highest BCUT2D eigenvalue weighted by Crippen LogP contribution is 2.34. The smallest absolute Gasteiger partial charge is 0.269 e. The van der Waals surface area contributed by atoms with Gasteiger partial charge in [0.15, 0.2) is 18.1 Å². The molecule has 0 saturated heterocycles. The first-order chi connectivity index (χ1) is 13.6. The van der Waals surface area contributed by atoms with Crippen molar-refractivity contribution in [3.63, 3.8) is 0 Å². The van der Waals surface area contributed by atoms with E-state index in [1.165, 1.54) is 29.2 Å². The third-order valence-electron chi connectivity index (χ3n) is 4.00. The number of nitro groups is 1. The molecule has 2 aromatic carbocycles. The highest BCUT2D eigenvalue weighted by molar-refractivity contribution is 5.94. The van der Waals surface area contributed by atoms with E-state index >= 15 is 0 Å². The summed E-state index contributed by atoms with van der Waals surface area (Å²) in [6.45, 7) is 0.800. The molecule has 0 radical (unpaired) electrons. The van der Waals surface area contributed by atoms with Gasteiger partial charge < -0.3 is 19.1 Å². The summed E-state index contributed by atoms with van der Waals surface area (Å²) < 4.78 is 16.5. The Kier molecular flexibility index (Phi) is 5.91. The summed E-state index contributed by atoms with van der Waals surface area (Å²) in [4.78, 5) is 24.3. The van der Waals surface area contributed by atoms with E-state index in [-0.39, 0.29) is 31.2 Å². The third-order valence-corrected chi connectivity index (χ3v) is 4.00. The van der Waals surface area contributed by atoms with Gasteiger partial charge in [-0.25, -0.2) is 0 Å². The molecule has 0 atom stereocenters. The maximum Gasteiger partial charge on any atom is 0.269 e. The molecule has 0 aromatic heterocycles. The number of ether oxygens (including phenoxy) is 3. The van der Waals surface area contributed by atoms with E-state index < -0.39 is 4.92 Å². The Labute approximate surface area is 160 Å². The van der Waals surface area contributed by atoms with Crippen LogP contribution in [0.4, 0.5) is 11.4 Å². The van der Waals surface area contributed by atoms with Gasteiger partial charge in [0.1, 0.15) is 19.0 Å². The van der Waals surface area contributed by atoms with Crippen molar-refractivity contribution in [1.82, 2.24) is 0 Å². The van der Waals surface area contributed by atoms with Crippen molar-refractivity contribution >= 4 is 17.3 Å². The number of carbonyl (C=O) groups is 1. The van der Waals surface area contributed by atoms with E-state index in [0.717, 1.165) is 0 Å². The molecule has 1 heterocycles. The van der Waals surface area contributed by atoms with Crippen LogP contribution in [0.15, 0.2) is 42.5 Å². The van der Waals surface area contributed by atoms with Gasteiger partial charge in [0.2, 0.25) is 0 Å². The standard InChI is InChI=1S/C19H17N3O6/c20-8-1-9-21(15-4-7-17-18(12-15)27-11-10-26-17)19(23)13-28-16-5-2-14(3-6-16)22(24)25/h2-7,12H,1,9-11,13H2. The van der Waals surface area contributed by atoms with E-state index in [1.807, 2.05) is 6.07 Å². The third kappa shape index (κ3) is 4.48. The predicted molar refractivity (Wildman–Crippen MR) is 98.6 cm³/mol. The molecule has 1 aliphatic heterocycles. The lowest BCUT2D eigenvalue weighted by molar-refractivity contribution is -0.384. The number of fused-ring (bicyclic) bond motifs is 1. The summed E-state index contributed by atoms with van der Waals surface area (Å²) in [6, 6.07) is 12.6. The Bertz CT molecular complexity index is 907. The number of anilines is 1. The molecule has 144 valence electrons. The fraction of sp³-hybridized carbons (Fsp3) is 0.263. The van der Waals surface area contributed by atoms with Gasteiger partial charge in [-0.05, 0) is 24.3 Å². The number of amides is 1. The molecule has 0 N–H and O–H groups in total. The van der Waals surface area contributed by atoms with Gasteiger partial charge >= 0.3 is 0 Å². The SMILES string of the molecule is N#CCCN(C(=O)COc1ccc([N+](=O)[O-])cc1)c1ccc2c(c1)OCCO2. The van der Waals surface area contributed by atoms with Crippen molar-refractivity contribution in [2.24, 2.45) is 0 Å². The minimum atomic E-state index is -0.513. The van der Waals surface area contributed by atoms with Gasteiger partial charge in [0, 0.05) is 30.4 Å². The minimum absolute atomic E-state index is 0.0643. The first-order valence-electron chi connectivity index (χ1n) is 8.52. The topological polar surface area (TPSA) is 115 Å².